The monoisotopic (exact) mass is 440 g/mol. The lowest BCUT2D eigenvalue weighted by atomic mass is 9.95. The summed E-state index contributed by atoms with van der Waals surface area (Å²) in [5.74, 6) is 0.945. The lowest BCUT2D eigenvalue weighted by molar-refractivity contribution is 0.811. The van der Waals surface area contributed by atoms with Crippen molar-refractivity contribution in [2.45, 2.75) is 72.8 Å². The predicted molar refractivity (Wildman–Crippen MR) is 142 cm³/mol. The van der Waals surface area contributed by atoms with E-state index in [9.17, 15) is 0 Å². The van der Waals surface area contributed by atoms with Gasteiger partial charge in [0, 0.05) is 24.6 Å². The van der Waals surface area contributed by atoms with Crippen molar-refractivity contribution in [2.24, 2.45) is 5.92 Å². The van der Waals surface area contributed by atoms with Crippen molar-refractivity contribution in [3.8, 4) is 0 Å². The molecular formula is C31H40N2. The normalized spacial score (nSPS) is 16.1. The first kappa shape index (κ1) is 24.8. The first-order valence-corrected chi connectivity index (χ1v) is 12.4. The SMILES string of the molecule is C1=C2CC=C(C3CC3)C2=CCC1.C=C(C)NCc1cccnc1.CCc1cc(C)ccc1C. The van der Waals surface area contributed by atoms with Gasteiger partial charge in [0.05, 0.1) is 0 Å². The molecule has 2 heteroatoms. The van der Waals surface area contributed by atoms with E-state index in [0.29, 0.717) is 0 Å². The van der Waals surface area contributed by atoms with Crippen LogP contribution in [-0.4, -0.2) is 4.98 Å². The maximum atomic E-state index is 3.99. The molecule has 2 nitrogen and oxygen atoms in total. The van der Waals surface area contributed by atoms with E-state index >= 15 is 0 Å². The molecule has 0 radical (unpaired) electrons. The van der Waals surface area contributed by atoms with Crippen LogP contribution < -0.4 is 5.32 Å². The van der Waals surface area contributed by atoms with Gasteiger partial charge in [0.25, 0.3) is 0 Å². The van der Waals surface area contributed by atoms with Gasteiger partial charge in [-0.25, -0.2) is 0 Å². The van der Waals surface area contributed by atoms with Crippen LogP contribution in [0.5, 0.6) is 0 Å². The van der Waals surface area contributed by atoms with E-state index in [2.05, 4.69) is 74.1 Å². The van der Waals surface area contributed by atoms with E-state index in [1.165, 1.54) is 54.4 Å². The number of benzene rings is 1. The molecule has 5 rings (SSSR count). The molecule has 1 N–H and O–H groups in total. The van der Waals surface area contributed by atoms with E-state index in [-0.39, 0.29) is 0 Å². The van der Waals surface area contributed by atoms with E-state index in [1.807, 2.05) is 25.3 Å². The number of allylic oxidation sites excluding steroid dienone is 7. The van der Waals surface area contributed by atoms with Crippen LogP contribution in [0.2, 0.25) is 0 Å². The molecule has 1 heterocycles. The molecule has 0 bridgehead atoms. The highest BCUT2D eigenvalue weighted by atomic mass is 14.9. The van der Waals surface area contributed by atoms with Crippen molar-refractivity contribution in [3.05, 3.63) is 112 Å². The maximum absolute atomic E-state index is 3.99. The number of hydrogen-bond acceptors (Lipinski definition) is 2. The van der Waals surface area contributed by atoms with E-state index in [0.717, 1.165) is 24.6 Å². The Labute approximate surface area is 201 Å². The summed E-state index contributed by atoms with van der Waals surface area (Å²) in [6.07, 6.45) is 18.7. The molecule has 33 heavy (non-hydrogen) atoms. The molecular weight excluding hydrogens is 400 g/mol. The average Bonchev–Trinajstić information content (AvgIpc) is 3.59. The van der Waals surface area contributed by atoms with Crippen molar-refractivity contribution in [2.75, 3.05) is 0 Å². The number of fused-ring (bicyclic) bond motifs is 1. The van der Waals surface area contributed by atoms with Gasteiger partial charge in [0.2, 0.25) is 0 Å². The standard InChI is InChI=1S/C12H14.C10H14.C9H12N2/c1-2-4-11-9(3-1)7-8-12(11)10-5-6-10;1-4-10-7-8(2)5-6-9(10)3;1-8(2)11-7-9-4-3-5-10-6-9/h3-4,8,10H,1-2,5-7H2;5-7H,4H2,1-3H3;3-6,11H,1,7H2,2H3. The van der Waals surface area contributed by atoms with Crippen LogP contribution in [0.4, 0.5) is 0 Å². The molecule has 1 aromatic carbocycles. The minimum absolute atomic E-state index is 0.809. The molecule has 3 aliphatic carbocycles. The molecule has 0 unspecified atom stereocenters. The third kappa shape index (κ3) is 7.89. The Morgan fingerprint density at radius 3 is 2.52 bits per heavy atom. The second-order valence-electron chi connectivity index (χ2n) is 9.34. The molecule has 2 aromatic rings. The summed E-state index contributed by atoms with van der Waals surface area (Å²) in [7, 11) is 0. The summed E-state index contributed by atoms with van der Waals surface area (Å²) >= 11 is 0. The minimum atomic E-state index is 0.809. The first-order chi connectivity index (χ1) is 16.0. The minimum Gasteiger partial charge on any atom is -0.385 e. The highest BCUT2D eigenvalue weighted by Crippen LogP contribution is 2.47. The topological polar surface area (TPSA) is 24.9 Å². The fourth-order valence-corrected chi connectivity index (χ4v) is 4.27. The maximum Gasteiger partial charge on any atom is 0.0412 e. The van der Waals surface area contributed by atoms with Gasteiger partial charge in [-0.3, -0.25) is 4.98 Å². The molecule has 0 spiro atoms. The number of nitrogens with zero attached hydrogens (tertiary/aromatic N) is 1. The Bertz CT molecular complexity index is 1020. The lowest BCUT2D eigenvalue weighted by Gasteiger charge is -2.10. The Morgan fingerprint density at radius 1 is 1.09 bits per heavy atom. The van der Waals surface area contributed by atoms with E-state index in [1.54, 1.807) is 22.9 Å². The number of rotatable bonds is 5. The smallest absolute Gasteiger partial charge is 0.0412 e. The summed E-state index contributed by atoms with van der Waals surface area (Å²) in [6.45, 7) is 13.0. The van der Waals surface area contributed by atoms with Gasteiger partial charge in [-0.05, 0) is 105 Å². The van der Waals surface area contributed by atoms with Gasteiger partial charge in [0.15, 0.2) is 0 Å². The van der Waals surface area contributed by atoms with Crippen LogP contribution in [-0.2, 0) is 13.0 Å². The second-order valence-corrected chi connectivity index (χ2v) is 9.34. The molecule has 0 amide bonds. The first-order valence-electron chi connectivity index (χ1n) is 12.4. The zero-order chi connectivity index (χ0) is 23.6. The molecule has 1 fully saturated rings. The fraction of sp³-hybridized carbons (Fsp3) is 0.387. The van der Waals surface area contributed by atoms with Gasteiger partial charge in [-0.2, -0.15) is 0 Å². The highest BCUT2D eigenvalue weighted by Gasteiger charge is 2.31. The van der Waals surface area contributed by atoms with Gasteiger partial charge in [-0.1, -0.05) is 61.6 Å². The number of hydrogen-bond donors (Lipinski definition) is 1. The molecule has 0 aliphatic heterocycles. The van der Waals surface area contributed by atoms with Crippen LogP contribution in [0, 0.1) is 19.8 Å². The van der Waals surface area contributed by atoms with Gasteiger partial charge < -0.3 is 5.32 Å². The summed E-state index contributed by atoms with van der Waals surface area (Å²) in [6, 6.07) is 10.6. The molecule has 0 atom stereocenters. The summed E-state index contributed by atoms with van der Waals surface area (Å²) < 4.78 is 0. The third-order valence-corrected chi connectivity index (χ3v) is 6.32. The molecule has 1 aromatic heterocycles. The number of nitrogens with one attached hydrogen (secondary N) is 1. The fourth-order valence-electron chi connectivity index (χ4n) is 4.27. The van der Waals surface area contributed by atoms with E-state index in [4.69, 9.17) is 0 Å². The number of aryl methyl sites for hydroxylation is 3. The van der Waals surface area contributed by atoms with Crippen LogP contribution >= 0.6 is 0 Å². The number of pyridine rings is 1. The largest absolute Gasteiger partial charge is 0.385 e. The van der Waals surface area contributed by atoms with Crippen LogP contribution in [0.25, 0.3) is 0 Å². The van der Waals surface area contributed by atoms with Crippen LogP contribution in [0.1, 0.15) is 68.2 Å². The Balaban J connectivity index is 0.000000140. The van der Waals surface area contributed by atoms with Crippen molar-refractivity contribution >= 4 is 0 Å². The number of aromatic nitrogens is 1. The zero-order valence-electron chi connectivity index (χ0n) is 21.0. The van der Waals surface area contributed by atoms with E-state index < -0.39 is 0 Å². The molecule has 1 saturated carbocycles. The summed E-state index contributed by atoms with van der Waals surface area (Å²) in [4.78, 5) is 3.99. The Kier molecular flexibility index (Phi) is 9.30. The van der Waals surface area contributed by atoms with Crippen molar-refractivity contribution < 1.29 is 0 Å². The highest BCUT2D eigenvalue weighted by molar-refractivity contribution is 5.56. The molecule has 174 valence electrons. The third-order valence-electron chi connectivity index (χ3n) is 6.32. The van der Waals surface area contributed by atoms with Gasteiger partial charge >= 0.3 is 0 Å². The lowest BCUT2D eigenvalue weighted by Crippen LogP contribution is -2.09. The predicted octanol–water partition coefficient (Wildman–Crippen LogP) is 7.94. The van der Waals surface area contributed by atoms with Crippen molar-refractivity contribution in [1.82, 2.24) is 10.3 Å². The zero-order valence-corrected chi connectivity index (χ0v) is 21.0. The second kappa shape index (κ2) is 12.4. The van der Waals surface area contributed by atoms with Crippen LogP contribution in [0.15, 0.2) is 89.9 Å². The quantitative estimate of drug-likeness (QED) is 0.510. The van der Waals surface area contributed by atoms with Crippen molar-refractivity contribution in [1.29, 1.82) is 0 Å². The Morgan fingerprint density at radius 2 is 1.88 bits per heavy atom. The summed E-state index contributed by atoms with van der Waals surface area (Å²) in [5.41, 5.74) is 11.3. The van der Waals surface area contributed by atoms with Crippen molar-refractivity contribution in [3.63, 3.8) is 0 Å². The summed E-state index contributed by atoms with van der Waals surface area (Å²) in [5, 5.41) is 3.13. The molecule has 0 saturated heterocycles. The van der Waals surface area contributed by atoms with Crippen LogP contribution in [0.3, 0.4) is 0 Å². The molecule has 3 aliphatic rings. The Hall–Kier alpha value is -2.87. The van der Waals surface area contributed by atoms with Gasteiger partial charge in [0.1, 0.15) is 0 Å². The average molecular weight is 441 g/mol. The van der Waals surface area contributed by atoms with Gasteiger partial charge in [-0.15, -0.1) is 0 Å².